The van der Waals surface area contributed by atoms with E-state index in [0.29, 0.717) is 11.1 Å². The molecule has 4 heteroatoms. The highest BCUT2D eigenvalue weighted by Gasteiger charge is 2.17. The standard InChI is InChI=1S/C16H16F2O2/c1-2-11-7-9-12(10-8-11)15(19)13-5-3-4-6-14(13)20-16(17)18/h3-10,15-16,19H,2H2,1H3. The predicted molar refractivity (Wildman–Crippen MR) is 73.0 cm³/mol. The average Bonchev–Trinajstić information content (AvgIpc) is 2.46. The fraction of sp³-hybridized carbons (Fsp3) is 0.250. The molecule has 2 rings (SSSR count). The summed E-state index contributed by atoms with van der Waals surface area (Å²) in [6.07, 6.45) is -0.0857. The van der Waals surface area contributed by atoms with Gasteiger partial charge in [-0.05, 0) is 23.6 Å². The molecule has 0 aromatic heterocycles. The minimum Gasteiger partial charge on any atom is -0.434 e. The van der Waals surface area contributed by atoms with E-state index in [1.807, 2.05) is 19.1 Å². The lowest BCUT2D eigenvalue weighted by Gasteiger charge is -2.16. The van der Waals surface area contributed by atoms with Crippen LogP contribution in [-0.4, -0.2) is 11.7 Å². The summed E-state index contributed by atoms with van der Waals surface area (Å²) in [7, 11) is 0. The van der Waals surface area contributed by atoms with E-state index in [1.54, 1.807) is 30.3 Å². The summed E-state index contributed by atoms with van der Waals surface area (Å²) in [6.45, 7) is -0.872. The molecule has 0 bridgehead atoms. The number of aliphatic hydroxyl groups excluding tert-OH is 1. The topological polar surface area (TPSA) is 29.5 Å². The molecule has 0 saturated heterocycles. The Labute approximate surface area is 116 Å². The molecule has 20 heavy (non-hydrogen) atoms. The van der Waals surface area contributed by atoms with E-state index in [1.165, 1.54) is 6.07 Å². The van der Waals surface area contributed by atoms with Gasteiger partial charge in [0.15, 0.2) is 0 Å². The molecular formula is C16H16F2O2. The molecule has 1 unspecified atom stereocenters. The Morgan fingerprint density at radius 3 is 2.30 bits per heavy atom. The second-order valence-corrected chi connectivity index (χ2v) is 4.41. The fourth-order valence-electron chi connectivity index (χ4n) is 2.02. The van der Waals surface area contributed by atoms with Crippen molar-refractivity contribution >= 4 is 0 Å². The maximum atomic E-state index is 12.4. The molecule has 0 aliphatic rings. The van der Waals surface area contributed by atoms with E-state index in [2.05, 4.69) is 4.74 Å². The number of benzene rings is 2. The second kappa shape index (κ2) is 6.48. The summed E-state index contributed by atoms with van der Waals surface area (Å²) in [5, 5.41) is 10.3. The smallest absolute Gasteiger partial charge is 0.387 e. The summed E-state index contributed by atoms with van der Waals surface area (Å²) in [4.78, 5) is 0. The number of rotatable bonds is 5. The Bertz CT molecular complexity index is 553. The highest BCUT2D eigenvalue weighted by atomic mass is 19.3. The zero-order valence-electron chi connectivity index (χ0n) is 11.1. The van der Waals surface area contributed by atoms with Gasteiger partial charge in [-0.15, -0.1) is 0 Å². The number of ether oxygens (including phenoxy) is 1. The Morgan fingerprint density at radius 2 is 1.70 bits per heavy atom. The highest BCUT2D eigenvalue weighted by molar-refractivity contribution is 5.40. The summed E-state index contributed by atoms with van der Waals surface area (Å²) in [6, 6.07) is 13.7. The second-order valence-electron chi connectivity index (χ2n) is 4.41. The summed E-state index contributed by atoms with van der Waals surface area (Å²) < 4.78 is 29.2. The summed E-state index contributed by atoms with van der Waals surface area (Å²) >= 11 is 0. The molecule has 2 aromatic rings. The van der Waals surface area contributed by atoms with Crippen molar-refractivity contribution in [2.75, 3.05) is 0 Å². The Balaban J connectivity index is 2.29. The molecule has 1 N–H and O–H groups in total. The zero-order chi connectivity index (χ0) is 14.5. The van der Waals surface area contributed by atoms with Crippen molar-refractivity contribution in [3.63, 3.8) is 0 Å². The largest absolute Gasteiger partial charge is 0.434 e. The van der Waals surface area contributed by atoms with Gasteiger partial charge in [0.1, 0.15) is 11.9 Å². The first kappa shape index (κ1) is 14.5. The highest BCUT2D eigenvalue weighted by Crippen LogP contribution is 2.30. The lowest BCUT2D eigenvalue weighted by molar-refractivity contribution is -0.0512. The van der Waals surface area contributed by atoms with Gasteiger partial charge in [0.25, 0.3) is 0 Å². The van der Waals surface area contributed by atoms with E-state index >= 15 is 0 Å². The van der Waals surface area contributed by atoms with Gasteiger partial charge in [-0.3, -0.25) is 0 Å². The molecule has 0 spiro atoms. The van der Waals surface area contributed by atoms with Crippen molar-refractivity contribution < 1.29 is 18.6 Å². The number of hydrogen-bond acceptors (Lipinski definition) is 2. The lowest BCUT2D eigenvalue weighted by Crippen LogP contribution is -2.07. The van der Waals surface area contributed by atoms with E-state index in [4.69, 9.17) is 0 Å². The van der Waals surface area contributed by atoms with Gasteiger partial charge in [0, 0.05) is 5.56 Å². The van der Waals surface area contributed by atoms with Crippen molar-refractivity contribution in [2.45, 2.75) is 26.1 Å². The van der Waals surface area contributed by atoms with Crippen LogP contribution in [0.3, 0.4) is 0 Å². The van der Waals surface area contributed by atoms with Gasteiger partial charge in [-0.2, -0.15) is 8.78 Å². The third-order valence-corrected chi connectivity index (χ3v) is 3.13. The van der Waals surface area contributed by atoms with Crippen molar-refractivity contribution in [1.29, 1.82) is 0 Å². The monoisotopic (exact) mass is 278 g/mol. The van der Waals surface area contributed by atoms with Crippen LogP contribution in [-0.2, 0) is 6.42 Å². The quantitative estimate of drug-likeness (QED) is 0.898. The lowest BCUT2D eigenvalue weighted by atomic mass is 9.99. The van der Waals surface area contributed by atoms with Crippen molar-refractivity contribution in [3.05, 3.63) is 65.2 Å². The first-order chi connectivity index (χ1) is 9.61. The molecule has 1 atom stereocenters. The van der Waals surface area contributed by atoms with Crippen LogP contribution in [0.4, 0.5) is 8.78 Å². The molecule has 0 radical (unpaired) electrons. The Hall–Kier alpha value is -1.94. The normalized spacial score (nSPS) is 12.4. The molecule has 0 heterocycles. The first-order valence-electron chi connectivity index (χ1n) is 6.42. The molecule has 106 valence electrons. The van der Waals surface area contributed by atoms with Crippen molar-refractivity contribution in [1.82, 2.24) is 0 Å². The number of para-hydroxylation sites is 1. The first-order valence-corrected chi connectivity index (χ1v) is 6.42. The molecular weight excluding hydrogens is 262 g/mol. The SMILES string of the molecule is CCc1ccc(C(O)c2ccccc2OC(F)F)cc1. The van der Waals surface area contributed by atoms with Gasteiger partial charge < -0.3 is 9.84 Å². The molecule has 2 nitrogen and oxygen atoms in total. The van der Waals surface area contributed by atoms with Crippen molar-refractivity contribution in [3.8, 4) is 5.75 Å². The number of halogens is 2. The molecule has 0 aliphatic heterocycles. The minimum absolute atomic E-state index is 0.00503. The third kappa shape index (κ3) is 3.33. The van der Waals surface area contributed by atoms with Gasteiger partial charge in [-0.25, -0.2) is 0 Å². The van der Waals surface area contributed by atoms with Crippen LogP contribution in [0.15, 0.2) is 48.5 Å². The van der Waals surface area contributed by atoms with Crippen molar-refractivity contribution in [2.24, 2.45) is 0 Å². The van der Waals surface area contributed by atoms with E-state index < -0.39 is 12.7 Å². The van der Waals surface area contributed by atoms with Crippen LogP contribution < -0.4 is 4.74 Å². The van der Waals surface area contributed by atoms with Crippen LogP contribution >= 0.6 is 0 Å². The molecule has 0 aliphatic carbocycles. The molecule has 2 aromatic carbocycles. The van der Waals surface area contributed by atoms with Gasteiger partial charge in [0.2, 0.25) is 0 Å². The third-order valence-electron chi connectivity index (χ3n) is 3.13. The Kier molecular flexibility index (Phi) is 4.69. The van der Waals surface area contributed by atoms with Crippen LogP contribution in [0.25, 0.3) is 0 Å². The van der Waals surface area contributed by atoms with Gasteiger partial charge in [-0.1, -0.05) is 49.4 Å². The molecule has 0 fully saturated rings. The fourth-order valence-corrected chi connectivity index (χ4v) is 2.02. The number of aliphatic hydroxyl groups is 1. The summed E-state index contributed by atoms with van der Waals surface area (Å²) in [5.41, 5.74) is 2.13. The van der Waals surface area contributed by atoms with Crippen LogP contribution in [0, 0.1) is 0 Å². The van der Waals surface area contributed by atoms with E-state index in [-0.39, 0.29) is 5.75 Å². The zero-order valence-corrected chi connectivity index (χ0v) is 11.1. The maximum Gasteiger partial charge on any atom is 0.387 e. The Morgan fingerprint density at radius 1 is 1.05 bits per heavy atom. The number of alkyl halides is 2. The summed E-state index contributed by atoms with van der Waals surface area (Å²) in [5.74, 6) is -0.00503. The number of hydrogen-bond donors (Lipinski definition) is 1. The van der Waals surface area contributed by atoms with Gasteiger partial charge in [0.05, 0.1) is 0 Å². The molecule has 0 saturated carbocycles. The van der Waals surface area contributed by atoms with E-state index in [0.717, 1.165) is 12.0 Å². The minimum atomic E-state index is -2.91. The van der Waals surface area contributed by atoms with Crippen LogP contribution in [0.5, 0.6) is 5.75 Å². The average molecular weight is 278 g/mol. The van der Waals surface area contributed by atoms with Crippen LogP contribution in [0.2, 0.25) is 0 Å². The van der Waals surface area contributed by atoms with Gasteiger partial charge >= 0.3 is 6.61 Å². The maximum absolute atomic E-state index is 12.4. The van der Waals surface area contributed by atoms with Crippen LogP contribution in [0.1, 0.15) is 29.7 Å². The predicted octanol–water partition coefficient (Wildman–Crippen LogP) is 3.93. The molecule has 0 amide bonds. The van der Waals surface area contributed by atoms with E-state index in [9.17, 15) is 13.9 Å². The number of aryl methyl sites for hydroxylation is 1.